The molecule has 68 heavy (non-hydrogen) atoms. The van der Waals surface area contributed by atoms with Crippen LogP contribution in [0.3, 0.4) is 0 Å². The number of methoxy groups -OCH3 is 1. The molecule has 1 unspecified atom stereocenters. The number of phenolic OH excluding ortho intramolecular Hbond substituents is 1. The van der Waals surface area contributed by atoms with E-state index < -0.39 is 82.5 Å². The lowest BCUT2D eigenvalue weighted by Gasteiger charge is -2.50. The molecule has 10 atom stereocenters. The van der Waals surface area contributed by atoms with E-state index in [1.807, 2.05) is 47.6 Å². The molecule has 7 bridgehead atoms. The lowest BCUT2D eigenvalue weighted by molar-refractivity contribution is -0.336. The van der Waals surface area contributed by atoms with E-state index in [-0.39, 0.29) is 87.6 Å². The predicted octanol–water partition coefficient (Wildman–Crippen LogP) is 9.00. The molecule has 0 spiro atoms. The van der Waals surface area contributed by atoms with Crippen molar-refractivity contribution in [3.8, 4) is 11.5 Å². The molecule has 2 N–H and O–H groups in total. The maximum atomic E-state index is 14.9. The smallest absolute Gasteiger partial charge is 0.505 e. The first-order valence-electron chi connectivity index (χ1n) is 23.2. The van der Waals surface area contributed by atoms with Crippen molar-refractivity contribution in [2.75, 3.05) is 25.6 Å². The fourth-order valence-electron chi connectivity index (χ4n) is 10.1. The minimum atomic E-state index is -1.53. The SMILES string of the molecule is CO[C@H]1/C=C/C[C@]2(C)Oc3c(C)c(=O)c4c(O)c(c5oc6ccccc6nc5c4c3C2=O)NC(=O)/C(C)=C\C=C\[C@H](C)[C@@H]2OC(C)(C)O[C@@H]([C@@H](C)[C@H](OC(=O)OCC3COC(C)(C)O3)[C@@H]1C)[C@@H]2C. The van der Waals surface area contributed by atoms with Gasteiger partial charge in [-0.2, -0.15) is 0 Å². The second-order valence-electron chi connectivity index (χ2n) is 19.8. The first kappa shape index (κ1) is 48.8. The number of Topliss-reactive ketones (excluding diaryl/α,β-unsaturated/α-hetero) is 1. The Labute approximate surface area is 394 Å². The molecule has 1 aromatic heterocycles. The van der Waals surface area contributed by atoms with Gasteiger partial charge < -0.3 is 52.7 Å². The van der Waals surface area contributed by atoms with Crippen LogP contribution in [0.4, 0.5) is 10.5 Å². The number of phenols is 1. The normalized spacial score (nSPS) is 32.4. The van der Waals surface area contributed by atoms with Crippen molar-refractivity contribution in [1.29, 1.82) is 0 Å². The molecule has 0 aliphatic carbocycles. The maximum Gasteiger partial charge on any atom is 0.508 e. The maximum absolute atomic E-state index is 14.9. The number of anilines is 1. The Kier molecular flexibility index (Phi) is 13.2. The molecular weight excluding hydrogens is 877 g/mol. The lowest BCUT2D eigenvalue weighted by atomic mass is 9.77. The first-order valence-corrected chi connectivity index (χ1v) is 23.2. The number of ether oxygens (including phenoxy) is 8. The second kappa shape index (κ2) is 18.3. The van der Waals surface area contributed by atoms with E-state index in [1.54, 1.807) is 83.4 Å². The van der Waals surface area contributed by atoms with Gasteiger partial charge in [-0.1, -0.05) is 70.2 Å². The summed E-state index contributed by atoms with van der Waals surface area (Å²) in [5, 5.41) is 14.7. The molecule has 9 rings (SSSR count). The molecule has 5 aliphatic heterocycles. The lowest BCUT2D eigenvalue weighted by Crippen LogP contribution is -2.56. The molecule has 16 heteroatoms. The number of allylic oxidation sites excluding steroid dienone is 2. The van der Waals surface area contributed by atoms with Crippen LogP contribution in [-0.4, -0.2) is 96.0 Å². The summed E-state index contributed by atoms with van der Waals surface area (Å²) in [6.45, 7) is 20.1. The van der Waals surface area contributed by atoms with Crippen LogP contribution in [0.1, 0.15) is 91.6 Å². The monoisotopic (exact) mass is 938 g/mol. The number of hydrogen-bond donors (Lipinski definition) is 2. The van der Waals surface area contributed by atoms with Gasteiger partial charge in [0.25, 0.3) is 5.91 Å². The standard InChI is InChI=1S/C52H62N2O14/c1-25-17-15-18-26(2)48(58)54-39-41(56)36-35(38-46(39)63-34-20-14-13-19-32(34)53-38)37-45(28(4)40(36)55)68-52(11,47(37)57)22-16-21-33(60-12)27(3)43(30(6)44-29(5)42(25)66-51(9,10)67-44)64-49(59)61-23-31-24-62-50(7,8)65-31/h13-21,25,27,29-31,33,42-44,56H,22-24H2,1-12H3,(H,54,58)/b17-15+,21-16+,26-18-/t25-,27+,29+,30-,31?,33-,42-,43+,44+,52-/m0/s1. The Hall–Kier alpha value is -5.65. The number of para-hydroxylation sites is 2. The highest BCUT2D eigenvalue weighted by Crippen LogP contribution is 2.49. The number of nitrogens with zero attached hydrogens (tertiary/aromatic N) is 1. The number of nitrogens with one attached hydrogen (secondary N) is 1. The molecule has 4 aromatic rings. The highest BCUT2D eigenvalue weighted by atomic mass is 16.8. The van der Waals surface area contributed by atoms with Gasteiger partial charge in [0, 0.05) is 53.7 Å². The van der Waals surface area contributed by atoms with E-state index in [1.165, 1.54) is 6.92 Å². The molecule has 6 heterocycles. The van der Waals surface area contributed by atoms with E-state index in [4.69, 9.17) is 47.3 Å². The molecule has 364 valence electrons. The molecule has 2 saturated heterocycles. The molecule has 16 nitrogen and oxygen atoms in total. The van der Waals surface area contributed by atoms with Crippen molar-refractivity contribution in [1.82, 2.24) is 4.98 Å². The Bertz CT molecular complexity index is 2830. The summed E-state index contributed by atoms with van der Waals surface area (Å²) in [7, 11) is 1.55. The Balaban J connectivity index is 1.24. The molecular formula is C52H62N2O14. The van der Waals surface area contributed by atoms with Crippen LogP contribution in [0.25, 0.3) is 33.0 Å². The van der Waals surface area contributed by atoms with Crippen LogP contribution in [0.5, 0.6) is 11.5 Å². The summed E-state index contributed by atoms with van der Waals surface area (Å²) >= 11 is 0. The number of aromatic nitrogens is 1. The van der Waals surface area contributed by atoms with E-state index >= 15 is 0 Å². The van der Waals surface area contributed by atoms with Crippen LogP contribution >= 0.6 is 0 Å². The minimum absolute atomic E-state index is 0.0247. The van der Waals surface area contributed by atoms with E-state index in [2.05, 4.69) is 5.32 Å². The number of benzene rings is 3. The highest BCUT2D eigenvalue weighted by Gasteiger charge is 2.50. The van der Waals surface area contributed by atoms with Crippen LogP contribution < -0.4 is 15.5 Å². The number of rotatable bonds is 4. The number of fused-ring (bicyclic) bond motifs is 10. The molecule has 0 radical (unpaired) electrons. The minimum Gasteiger partial charge on any atom is -0.505 e. The molecule has 1 amide bonds. The average Bonchev–Trinajstić information content (AvgIpc) is 3.78. The van der Waals surface area contributed by atoms with Gasteiger partial charge in [-0.05, 0) is 60.6 Å². The summed E-state index contributed by atoms with van der Waals surface area (Å²) in [5.41, 5.74) is -1.13. The van der Waals surface area contributed by atoms with Gasteiger partial charge in [0.1, 0.15) is 41.3 Å². The van der Waals surface area contributed by atoms with Gasteiger partial charge in [0.05, 0.1) is 35.9 Å². The summed E-state index contributed by atoms with van der Waals surface area (Å²) in [4.78, 5) is 61.9. The largest absolute Gasteiger partial charge is 0.508 e. The van der Waals surface area contributed by atoms with Gasteiger partial charge >= 0.3 is 6.16 Å². The third kappa shape index (κ3) is 9.04. The van der Waals surface area contributed by atoms with Gasteiger partial charge in [0.2, 0.25) is 5.78 Å². The van der Waals surface area contributed by atoms with Crippen LogP contribution in [0, 0.1) is 30.6 Å². The number of aromatic hydroxyl groups is 1. The average molecular weight is 939 g/mol. The van der Waals surface area contributed by atoms with Crippen molar-refractivity contribution in [3.05, 3.63) is 81.6 Å². The number of ketones is 1. The quantitative estimate of drug-likeness (QED) is 0.0645. The van der Waals surface area contributed by atoms with Crippen LogP contribution in [-0.2, 0) is 38.0 Å². The van der Waals surface area contributed by atoms with Gasteiger partial charge in [0.15, 0.2) is 39.5 Å². The molecule has 3 aromatic carbocycles. The van der Waals surface area contributed by atoms with Crippen molar-refractivity contribution >= 4 is 56.5 Å². The predicted molar refractivity (Wildman–Crippen MR) is 253 cm³/mol. The third-order valence-corrected chi connectivity index (χ3v) is 13.7. The molecule has 5 aliphatic rings. The summed E-state index contributed by atoms with van der Waals surface area (Å²) in [6, 6.07) is 6.92. The third-order valence-electron chi connectivity index (χ3n) is 13.7. The number of amides is 1. The number of carbonyl (C=O) groups excluding carboxylic acids is 3. The fraction of sp³-hybridized carbons (Fsp3) is 0.519. The van der Waals surface area contributed by atoms with E-state index in [9.17, 15) is 24.3 Å². The van der Waals surface area contributed by atoms with Gasteiger partial charge in [-0.15, -0.1) is 0 Å². The van der Waals surface area contributed by atoms with Gasteiger partial charge in [-0.3, -0.25) is 14.4 Å². The zero-order valence-corrected chi connectivity index (χ0v) is 40.7. The fourth-order valence-corrected chi connectivity index (χ4v) is 10.1. The topological polar surface area (TPSA) is 200 Å². The molecule has 0 saturated carbocycles. The Morgan fingerprint density at radius 2 is 1.63 bits per heavy atom. The van der Waals surface area contributed by atoms with Crippen molar-refractivity contribution in [2.45, 2.75) is 130 Å². The zero-order valence-electron chi connectivity index (χ0n) is 40.7. The van der Waals surface area contributed by atoms with E-state index in [0.29, 0.717) is 11.1 Å². The van der Waals surface area contributed by atoms with Crippen LogP contribution in [0.2, 0.25) is 0 Å². The summed E-state index contributed by atoms with van der Waals surface area (Å²) in [6.07, 6.45) is 5.14. The summed E-state index contributed by atoms with van der Waals surface area (Å²) < 4.78 is 55.6. The highest BCUT2D eigenvalue weighted by molar-refractivity contribution is 6.26. The van der Waals surface area contributed by atoms with Crippen molar-refractivity contribution < 1.29 is 61.8 Å². The summed E-state index contributed by atoms with van der Waals surface area (Å²) in [5.74, 6) is -4.84. The molecule has 2 fully saturated rings. The van der Waals surface area contributed by atoms with E-state index in [0.717, 1.165) is 0 Å². The van der Waals surface area contributed by atoms with Crippen molar-refractivity contribution in [2.24, 2.45) is 23.7 Å². The van der Waals surface area contributed by atoms with Crippen molar-refractivity contribution in [3.63, 3.8) is 0 Å². The number of carbonyl (C=O) groups is 3. The first-order chi connectivity index (χ1) is 32.0. The number of hydrogen-bond acceptors (Lipinski definition) is 15. The van der Waals surface area contributed by atoms with Gasteiger partial charge in [-0.25, -0.2) is 9.78 Å². The zero-order chi connectivity index (χ0) is 49.2. The Morgan fingerprint density at radius 3 is 2.34 bits per heavy atom. The van der Waals surface area contributed by atoms with Crippen LogP contribution in [0.15, 0.2) is 69.4 Å². The second-order valence-corrected chi connectivity index (χ2v) is 19.8. The Morgan fingerprint density at radius 1 is 0.912 bits per heavy atom.